The summed E-state index contributed by atoms with van der Waals surface area (Å²) >= 11 is 0. The standard InChI is InChI=1S/C21H25N5O5S/c1-4-13-22-21(29)25-18-7-5-17(6-8-18)24-20(28)14(2)26-32(30,31)19-11-9-16(10-12-19)23-15(3)27/h4-12,14,26H,1,13H2,2-3H3,(H,23,27)(H,24,28)(H2,22,25,29)/t14-/m0/s1. The zero-order valence-electron chi connectivity index (χ0n) is 17.6. The number of hydrogen-bond acceptors (Lipinski definition) is 5. The molecule has 0 saturated carbocycles. The van der Waals surface area contributed by atoms with Gasteiger partial charge >= 0.3 is 6.03 Å². The third-order valence-electron chi connectivity index (χ3n) is 4.03. The predicted octanol–water partition coefficient (Wildman–Crippen LogP) is 2.26. The molecule has 0 heterocycles. The fourth-order valence-electron chi connectivity index (χ4n) is 2.50. The Labute approximate surface area is 186 Å². The summed E-state index contributed by atoms with van der Waals surface area (Å²) in [7, 11) is -3.95. The number of rotatable bonds is 9. The van der Waals surface area contributed by atoms with Crippen LogP contribution in [0.5, 0.6) is 0 Å². The van der Waals surface area contributed by atoms with Crippen LogP contribution in [0.25, 0.3) is 0 Å². The van der Waals surface area contributed by atoms with Gasteiger partial charge in [-0.1, -0.05) is 6.08 Å². The summed E-state index contributed by atoms with van der Waals surface area (Å²) < 4.78 is 27.4. The Balaban J connectivity index is 1.94. The van der Waals surface area contributed by atoms with Crippen LogP contribution in [0.2, 0.25) is 0 Å². The molecule has 10 nitrogen and oxygen atoms in total. The van der Waals surface area contributed by atoms with Gasteiger partial charge in [-0.3, -0.25) is 9.59 Å². The third kappa shape index (κ3) is 7.52. The Morgan fingerprint density at radius 1 is 0.906 bits per heavy atom. The van der Waals surface area contributed by atoms with Gasteiger partial charge in [0.15, 0.2) is 0 Å². The van der Waals surface area contributed by atoms with Crippen LogP contribution in [0.1, 0.15) is 13.8 Å². The molecule has 0 aliphatic rings. The number of anilines is 3. The molecule has 11 heteroatoms. The van der Waals surface area contributed by atoms with E-state index in [1.807, 2.05) is 0 Å². The van der Waals surface area contributed by atoms with Crippen molar-refractivity contribution in [1.29, 1.82) is 0 Å². The van der Waals surface area contributed by atoms with Gasteiger partial charge in [-0.05, 0) is 55.5 Å². The van der Waals surface area contributed by atoms with Crippen molar-refractivity contribution >= 4 is 44.9 Å². The molecule has 0 aliphatic heterocycles. The van der Waals surface area contributed by atoms with Crippen molar-refractivity contribution in [3.63, 3.8) is 0 Å². The highest BCUT2D eigenvalue weighted by Gasteiger charge is 2.22. The van der Waals surface area contributed by atoms with E-state index in [0.29, 0.717) is 23.6 Å². The molecule has 0 spiro atoms. The molecule has 2 rings (SSSR count). The Morgan fingerprint density at radius 2 is 1.41 bits per heavy atom. The lowest BCUT2D eigenvalue weighted by molar-refractivity contribution is -0.117. The second kappa shape index (κ2) is 11.1. The summed E-state index contributed by atoms with van der Waals surface area (Å²) in [6.45, 7) is 6.59. The molecular formula is C21H25N5O5S. The van der Waals surface area contributed by atoms with Gasteiger partial charge in [0.2, 0.25) is 21.8 Å². The molecule has 0 unspecified atom stereocenters. The average Bonchev–Trinajstić information content (AvgIpc) is 2.73. The van der Waals surface area contributed by atoms with Gasteiger partial charge in [0.05, 0.1) is 10.9 Å². The molecule has 0 radical (unpaired) electrons. The van der Waals surface area contributed by atoms with Crippen molar-refractivity contribution in [3.05, 3.63) is 61.2 Å². The SMILES string of the molecule is C=CCNC(=O)Nc1ccc(NC(=O)[C@H](C)NS(=O)(=O)c2ccc(NC(C)=O)cc2)cc1. The van der Waals surface area contributed by atoms with E-state index in [-0.39, 0.29) is 10.8 Å². The minimum absolute atomic E-state index is 0.0450. The molecule has 0 aliphatic carbocycles. The molecule has 0 bridgehead atoms. The summed E-state index contributed by atoms with van der Waals surface area (Å²) in [4.78, 5) is 35.0. The Morgan fingerprint density at radius 3 is 1.94 bits per heavy atom. The predicted molar refractivity (Wildman–Crippen MR) is 123 cm³/mol. The molecule has 0 saturated heterocycles. The maximum Gasteiger partial charge on any atom is 0.319 e. The average molecular weight is 460 g/mol. The number of nitrogens with one attached hydrogen (secondary N) is 5. The number of amides is 4. The molecule has 0 fully saturated rings. The van der Waals surface area contributed by atoms with E-state index >= 15 is 0 Å². The molecule has 170 valence electrons. The number of hydrogen-bond donors (Lipinski definition) is 5. The van der Waals surface area contributed by atoms with E-state index in [0.717, 1.165) is 0 Å². The van der Waals surface area contributed by atoms with Crippen molar-refractivity contribution in [2.24, 2.45) is 0 Å². The molecule has 2 aromatic rings. The lowest BCUT2D eigenvalue weighted by atomic mass is 10.2. The maximum atomic E-state index is 12.5. The van der Waals surface area contributed by atoms with E-state index in [4.69, 9.17) is 0 Å². The molecule has 4 amide bonds. The largest absolute Gasteiger partial charge is 0.334 e. The molecule has 0 aromatic heterocycles. The number of sulfonamides is 1. The summed E-state index contributed by atoms with van der Waals surface area (Å²) in [5.41, 5.74) is 1.40. The molecule has 2 aromatic carbocycles. The zero-order valence-corrected chi connectivity index (χ0v) is 18.5. The van der Waals surface area contributed by atoms with Crippen molar-refractivity contribution in [3.8, 4) is 0 Å². The van der Waals surface area contributed by atoms with Crippen LogP contribution in [0.4, 0.5) is 21.9 Å². The third-order valence-corrected chi connectivity index (χ3v) is 5.58. The number of carbonyl (C=O) groups is 3. The van der Waals surface area contributed by atoms with Gasteiger partial charge in [-0.25, -0.2) is 13.2 Å². The highest BCUT2D eigenvalue weighted by Crippen LogP contribution is 2.16. The highest BCUT2D eigenvalue weighted by atomic mass is 32.2. The molecule has 32 heavy (non-hydrogen) atoms. The van der Waals surface area contributed by atoms with E-state index < -0.39 is 28.0 Å². The second-order valence-electron chi connectivity index (χ2n) is 6.74. The summed E-state index contributed by atoms with van der Waals surface area (Å²) in [6.07, 6.45) is 1.55. The fourth-order valence-corrected chi connectivity index (χ4v) is 3.71. The zero-order chi connectivity index (χ0) is 23.7. The van der Waals surface area contributed by atoms with Gasteiger partial charge in [-0.2, -0.15) is 4.72 Å². The smallest absolute Gasteiger partial charge is 0.319 e. The van der Waals surface area contributed by atoms with Gasteiger partial charge < -0.3 is 21.3 Å². The van der Waals surface area contributed by atoms with Crippen LogP contribution in [-0.4, -0.2) is 38.8 Å². The Bertz CT molecular complexity index is 1080. The topological polar surface area (TPSA) is 146 Å². The Kier molecular flexibility index (Phi) is 8.50. The molecule has 1 atom stereocenters. The van der Waals surface area contributed by atoms with Crippen molar-refractivity contribution in [2.75, 3.05) is 22.5 Å². The minimum atomic E-state index is -3.95. The quantitative estimate of drug-likeness (QED) is 0.365. The van der Waals surface area contributed by atoms with E-state index in [2.05, 4.69) is 32.6 Å². The lowest BCUT2D eigenvalue weighted by Gasteiger charge is -2.15. The van der Waals surface area contributed by atoms with Crippen LogP contribution in [0, 0.1) is 0 Å². The lowest BCUT2D eigenvalue weighted by Crippen LogP contribution is -2.41. The Hall–Kier alpha value is -3.70. The number of carbonyl (C=O) groups excluding carboxylic acids is 3. The maximum absolute atomic E-state index is 12.5. The minimum Gasteiger partial charge on any atom is -0.334 e. The monoisotopic (exact) mass is 459 g/mol. The van der Waals surface area contributed by atoms with Gasteiger partial charge in [0.1, 0.15) is 0 Å². The van der Waals surface area contributed by atoms with Gasteiger partial charge in [-0.15, -0.1) is 6.58 Å². The van der Waals surface area contributed by atoms with Crippen LogP contribution in [-0.2, 0) is 19.6 Å². The number of urea groups is 1. The van der Waals surface area contributed by atoms with Crippen LogP contribution >= 0.6 is 0 Å². The van der Waals surface area contributed by atoms with Crippen molar-refractivity contribution in [1.82, 2.24) is 10.0 Å². The first-order valence-electron chi connectivity index (χ1n) is 9.57. The normalized spacial score (nSPS) is 11.7. The molecule has 5 N–H and O–H groups in total. The number of benzene rings is 2. The first-order chi connectivity index (χ1) is 15.1. The van der Waals surface area contributed by atoms with Crippen LogP contribution in [0.15, 0.2) is 66.1 Å². The van der Waals surface area contributed by atoms with Crippen LogP contribution < -0.4 is 26.0 Å². The summed E-state index contributed by atoms with van der Waals surface area (Å²) in [6, 6.07) is 10.4. The first-order valence-corrected chi connectivity index (χ1v) is 11.1. The first kappa shape index (κ1) is 24.6. The summed E-state index contributed by atoms with van der Waals surface area (Å²) in [5.74, 6) is -0.836. The highest BCUT2D eigenvalue weighted by molar-refractivity contribution is 7.89. The molecular weight excluding hydrogens is 434 g/mol. The van der Waals surface area contributed by atoms with Crippen molar-refractivity contribution in [2.45, 2.75) is 24.8 Å². The summed E-state index contributed by atoms with van der Waals surface area (Å²) in [5, 5.41) is 10.3. The van der Waals surface area contributed by atoms with Crippen LogP contribution in [0.3, 0.4) is 0 Å². The second-order valence-corrected chi connectivity index (χ2v) is 8.45. The van der Waals surface area contributed by atoms with E-state index in [9.17, 15) is 22.8 Å². The van der Waals surface area contributed by atoms with Crippen molar-refractivity contribution < 1.29 is 22.8 Å². The van der Waals surface area contributed by atoms with E-state index in [1.54, 1.807) is 30.3 Å². The van der Waals surface area contributed by atoms with Gasteiger partial charge in [0, 0.05) is 30.5 Å². The van der Waals surface area contributed by atoms with E-state index in [1.165, 1.54) is 38.1 Å². The fraction of sp³-hybridized carbons (Fsp3) is 0.190. The van der Waals surface area contributed by atoms with Gasteiger partial charge in [0.25, 0.3) is 0 Å².